The van der Waals surface area contributed by atoms with Crippen LogP contribution in [0.2, 0.25) is 0 Å². The number of halogens is 4. The van der Waals surface area contributed by atoms with Gasteiger partial charge in [-0.1, -0.05) is 0 Å². The first-order valence-corrected chi connectivity index (χ1v) is 8.87. The molecule has 0 fully saturated rings. The number of rotatable bonds is 4. The second-order valence-corrected chi connectivity index (χ2v) is 6.49. The Balaban J connectivity index is 1.68. The van der Waals surface area contributed by atoms with Gasteiger partial charge in [0, 0.05) is 0 Å². The number of nitrogens with zero attached hydrogens (tertiary/aromatic N) is 7. The Morgan fingerprint density at radius 2 is 1.84 bits per heavy atom. The molecule has 0 aromatic carbocycles. The van der Waals surface area contributed by atoms with Crippen molar-refractivity contribution >= 4 is 17.4 Å². The van der Waals surface area contributed by atoms with E-state index < -0.39 is 40.8 Å². The molecule has 1 amide bonds. The number of carbonyl (C=O) groups is 1. The van der Waals surface area contributed by atoms with Crippen molar-refractivity contribution in [2.75, 3.05) is 11.1 Å². The summed E-state index contributed by atoms with van der Waals surface area (Å²) in [5, 5.41) is 13.9. The van der Waals surface area contributed by atoms with E-state index in [9.17, 15) is 22.4 Å². The van der Waals surface area contributed by atoms with Crippen LogP contribution in [-0.2, 0) is 6.18 Å². The van der Waals surface area contributed by atoms with Crippen LogP contribution in [0, 0.1) is 12.7 Å². The molecule has 14 heteroatoms. The average molecular weight is 447 g/mol. The number of nitrogen functional groups attached to an aromatic ring is 1. The van der Waals surface area contributed by atoms with E-state index in [4.69, 9.17) is 5.73 Å². The summed E-state index contributed by atoms with van der Waals surface area (Å²) in [6, 6.07) is 3.32. The van der Waals surface area contributed by atoms with Gasteiger partial charge in [0.25, 0.3) is 5.91 Å². The fraction of sp³-hybridized carbons (Fsp3) is 0.111. The SMILES string of the molecule is Cc1cc(NC(=O)c2cnn(-c3ccc(F)c(N)n3)c2C(F)(F)F)cnc1-n1nccn1. The number of amides is 1. The van der Waals surface area contributed by atoms with Crippen molar-refractivity contribution in [3.05, 3.63) is 65.6 Å². The monoisotopic (exact) mass is 447 g/mol. The van der Waals surface area contributed by atoms with Crippen molar-refractivity contribution in [1.29, 1.82) is 0 Å². The molecule has 0 saturated heterocycles. The summed E-state index contributed by atoms with van der Waals surface area (Å²) in [7, 11) is 0. The van der Waals surface area contributed by atoms with Crippen LogP contribution >= 0.6 is 0 Å². The van der Waals surface area contributed by atoms with Crippen LogP contribution < -0.4 is 11.1 Å². The first-order valence-electron chi connectivity index (χ1n) is 8.87. The fourth-order valence-corrected chi connectivity index (χ4v) is 2.90. The number of hydrogen-bond acceptors (Lipinski definition) is 7. The Morgan fingerprint density at radius 3 is 2.47 bits per heavy atom. The van der Waals surface area contributed by atoms with Crippen LogP contribution in [0.4, 0.5) is 29.1 Å². The molecule has 32 heavy (non-hydrogen) atoms. The van der Waals surface area contributed by atoms with Crippen molar-refractivity contribution < 1.29 is 22.4 Å². The van der Waals surface area contributed by atoms with Crippen molar-refractivity contribution in [3.63, 3.8) is 0 Å². The minimum absolute atomic E-state index is 0.147. The summed E-state index contributed by atoms with van der Waals surface area (Å²) in [5.41, 5.74) is 3.90. The Labute approximate surface area is 176 Å². The van der Waals surface area contributed by atoms with Gasteiger partial charge in [-0.15, -0.1) is 4.80 Å². The first kappa shape index (κ1) is 20.9. The first-order chi connectivity index (χ1) is 15.1. The van der Waals surface area contributed by atoms with Gasteiger partial charge in [0.15, 0.2) is 29.0 Å². The largest absolute Gasteiger partial charge is 0.434 e. The summed E-state index contributed by atoms with van der Waals surface area (Å²) in [5.74, 6) is -2.60. The summed E-state index contributed by atoms with van der Waals surface area (Å²) in [6.07, 6.45) is -0.0730. The molecule has 4 aromatic rings. The molecule has 4 rings (SSSR count). The van der Waals surface area contributed by atoms with E-state index >= 15 is 0 Å². The highest BCUT2D eigenvalue weighted by Crippen LogP contribution is 2.34. The lowest BCUT2D eigenvalue weighted by Gasteiger charge is -2.13. The minimum atomic E-state index is -4.97. The lowest BCUT2D eigenvalue weighted by atomic mass is 10.2. The number of hydrogen-bond donors (Lipinski definition) is 2. The van der Waals surface area contributed by atoms with Crippen LogP contribution in [0.3, 0.4) is 0 Å². The Bertz CT molecular complexity index is 1300. The average Bonchev–Trinajstić information content (AvgIpc) is 3.40. The number of alkyl halides is 3. The molecule has 0 unspecified atom stereocenters. The Kier molecular flexibility index (Phi) is 5.04. The van der Waals surface area contributed by atoms with Gasteiger partial charge < -0.3 is 11.1 Å². The lowest BCUT2D eigenvalue weighted by Crippen LogP contribution is -2.21. The Hall–Kier alpha value is -4.36. The number of pyridine rings is 2. The molecule has 3 N–H and O–H groups in total. The molecule has 164 valence electrons. The van der Waals surface area contributed by atoms with E-state index in [1.54, 1.807) is 6.92 Å². The molecule has 0 bridgehead atoms. The number of nitrogens with one attached hydrogen (secondary N) is 1. The van der Waals surface area contributed by atoms with Gasteiger partial charge in [0.2, 0.25) is 0 Å². The molecule has 0 radical (unpaired) electrons. The number of nitrogens with two attached hydrogens (primary N) is 1. The zero-order valence-corrected chi connectivity index (χ0v) is 16.2. The predicted octanol–water partition coefficient (Wildman–Crippen LogP) is 2.54. The summed E-state index contributed by atoms with van der Waals surface area (Å²) in [6.45, 7) is 1.67. The van der Waals surface area contributed by atoms with Crippen molar-refractivity contribution in [1.82, 2.24) is 34.7 Å². The van der Waals surface area contributed by atoms with Gasteiger partial charge in [-0.25, -0.2) is 19.0 Å². The fourth-order valence-electron chi connectivity index (χ4n) is 2.90. The van der Waals surface area contributed by atoms with E-state index in [0.29, 0.717) is 16.1 Å². The van der Waals surface area contributed by atoms with Crippen molar-refractivity contribution in [3.8, 4) is 11.6 Å². The second kappa shape index (κ2) is 7.72. The van der Waals surface area contributed by atoms with Gasteiger partial charge in [0.1, 0.15) is 0 Å². The van der Waals surface area contributed by atoms with Crippen molar-refractivity contribution in [2.24, 2.45) is 0 Å². The topological polar surface area (TPSA) is 129 Å². The maximum absolute atomic E-state index is 13.8. The Morgan fingerprint density at radius 1 is 1.12 bits per heavy atom. The third-order valence-electron chi connectivity index (χ3n) is 4.27. The lowest BCUT2D eigenvalue weighted by molar-refractivity contribution is -0.143. The molecule has 4 aromatic heterocycles. The van der Waals surface area contributed by atoms with E-state index in [1.807, 2.05) is 0 Å². The van der Waals surface area contributed by atoms with Crippen LogP contribution in [0.1, 0.15) is 21.6 Å². The van der Waals surface area contributed by atoms with Crippen LogP contribution in [0.5, 0.6) is 0 Å². The summed E-state index contributed by atoms with van der Waals surface area (Å²) >= 11 is 0. The molecule has 0 aliphatic heterocycles. The third-order valence-corrected chi connectivity index (χ3v) is 4.27. The highest BCUT2D eigenvalue weighted by molar-refractivity contribution is 6.05. The highest BCUT2D eigenvalue weighted by Gasteiger charge is 2.41. The van der Waals surface area contributed by atoms with Gasteiger partial charge in [-0.3, -0.25) is 4.79 Å². The van der Waals surface area contributed by atoms with Crippen molar-refractivity contribution in [2.45, 2.75) is 13.1 Å². The van der Waals surface area contributed by atoms with Crippen LogP contribution in [0.15, 0.2) is 43.0 Å². The smallest absolute Gasteiger partial charge is 0.381 e. The normalized spacial score (nSPS) is 11.5. The van der Waals surface area contributed by atoms with Gasteiger partial charge in [0.05, 0.1) is 36.0 Å². The van der Waals surface area contributed by atoms with Gasteiger partial charge in [-0.05, 0) is 30.7 Å². The van der Waals surface area contributed by atoms with Crippen LogP contribution in [0.25, 0.3) is 11.6 Å². The zero-order valence-electron chi connectivity index (χ0n) is 16.2. The maximum atomic E-state index is 13.8. The molecule has 0 aliphatic carbocycles. The quantitative estimate of drug-likeness (QED) is 0.460. The van der Waals surface area contributed by atoms with Gasteiger partial charge >= 0.3 is 6.18 Å². The molecule has 0 atom stereocenters. The molecule has 0 aliphatic rings. The molecular formula is C18H13F4N9O. The van der Waals surface area contributed by atoms with E-state index in [-0.39, 0.29) is 5.69 Å². The minimum Gasteiger partial charge on any atom is -0.381 e. The standard InChI is InChI=1S/C18H13F4N9O/c1-9-6-10(7-24-16(9)31-25-4-5-26-31)28-17(32)11-8-27-30(14(11)18(20,21)22)13-3-2-12(19)15(23)29-13/h2-8H,1H3,(H2,23,29)(H,28,32). The predicted molar refractivity (Wildman–Crippen MR) is 103 cm³/mol. The molecule has 10 nitrogen and oxygen atoms in total. The molecule has 4 heterocycles. The maximum Gasteiger partial charge on any atom is 0.434 e. The van der Waals surface area contributed by atoms with Crippen LogP contribution in [-0.4, -0.2) is 40.6 Å². The summed E-state index contributed by atoms with van der Waals surface area (Å²) < 4.78 is 55.1. The third kappa shape index (κ3) is 3.84. The number of aromatic nitrogens is 7. The van der Waals surface area contributed by atoms with E-state index in [1.165, 1.54) is 29.5 Å². The van der Waals surface area contributed by atoms with Gasteiger partial charge in [-0.2, -0.15) is 28.5 Å². The molecular weight excluding hydrogens is 434 g/mol. The molecule has 0 spiro atoms. The second-order valence-electron chi connectivity index (χ2n) is 6.49. The van der Waals surface area contributed by atoms with E-state index in [0.717, 1.165) is 18.3 Å². The number of aryl methyl sites for hydroxylation is 1. The number of anilines is 2. The number of carbonyl (C=O) groups excluding carboxylic acids is 1. The highest BCUT2D eigenvalue weighted by atomic mass is 19.4. The zero-order chi connectivity index (χ0) is 23.0. The summed E-state index contributed by atoms with van der Waals surface area (Å²) in [4.78, 5) is 21.6. The molecule has 0 saturated carbocycles. The van der Waals surface area contributed by atoms with E-state index in [2.05, 4.69) is 30.6 Å².